The van der Waals surface area contributed by atoms with Crippen LogP contribution in [0.5, 0.6) is 0 Å². The zero-order valence-electron chi connectivity index (χ0n) is 15.5. The summed E-state index contributed by atoms with van der Waals surface area (Å²) in [4.78, 5) is 30.0. The molecule has 1 atom stereocenters. The Kier molecular flexibility index (Phi) is 5.12. The summed E-state index contributed by atoms with van der Waals surface area (Å²) in [5.74, 6) is -0.740. The van der Waals surface area contributed by atoms with Crippen LogP contribution in [0.4, 0.5) is 4.39 Å². The quantitative estimate of drug-likeness (QED) is 0.717. The molecule has 1 N–H and O–H groups in total. The van der Waals surface area contributed by atoms with Crippen LogP contribution in [-0.2, 0) is 29.0 Å². The second kappa shape index (κ2) is 7.87. The summed E-state index contributed by atoms with van der Waals surface area (Å²) in [7, 11) is 0. The van der Waals surface area contributed by atoms with Crippen LogP contribution in [0.1, 0.15) is 23.4 Å². The van der Waals surface area contributed by atoms with Crippen LogP contribution in [-0.4, -0.2) is 32.9 Å². The van der Waals surface area contributed by atoms with Crippen molar-refractivity contribution in [1.82, 2.24) is 9.88 Å². The number of carbonyl (C=O) groups excluding carboxylic acids is 1. The predicted molar refractivity (Wildman–Crippen MR) is 102 cm³/mol. The molecule has 7 heteroatoms. The van der Waals surface area contributed by atoms with Crippen LogP contribution in [0.2, 0.25) is 0 Å². The molecular weight excluding hydrogens is 375 g/mol. The highest BCUT2D eigenvalue weighted by Crippen LogP contribution is 2.25. The lowest BCUT2D eigenvalue weighted by molar-refractivity contribution is -0.151. The molecule has 0 fully saturated rings. The van der Waals surface area contributed by atoms with E-state index in [1.807, 2.05) is 24.3 Å². The van der Waals surface area contributed by atoms with Crippen LogP contribution in [0.3, 0.4) is 0 Å². The van der Waals surface area contributed by atoms with Gasteiger partial charge in [-0.25, -0.2) is 14.2 Å². The topological polar surface area (TPSA) is 83.6 Å². The van der Waals surface area contributed by atoms with Gasteiger partial charge < -0.3 is 14.4 Å². The van der Waals surface area contributed by atoms with Gasteiger partial charge in [0, 0.05) is 31.4 Å². The number of benzene rings is 2. The summed E-state index contributed by atoms with van der Waals surface area (Å²) in [6.45, 7) is 0.276. The van der Waals surface area contributed by atoms with Gasteiger partial charge in [-0.05, 0) is 35.4 Å². The highest BCUT2D eigenvalue weighted by Gasteiger charge is 2.34. The van der Waals surface area contributed by atoms with Crippen LogP contribution in [0.25, 0.3) is 11.3 Å². The summed E-state index contributed by atoms with van der Waals surface area (Å²) < 4.78 is 18.7. The number of oxazole rings is 1. The first-order valence-electron chi connectivity index (χ1n) is 9.31. The van der Waals surface area contributed by atoms with Crippen molar-refractivity contribution in [1.29, 1.82) is 0 Å². The molecule has 3 aromatic rings. The Morgan fingerprint density at radius 3 is 2.59 bits per heavy atom. The highest BCUT2D eigenvalue weighted by molar-refractivity contribution is 5.84. The van der Waals surface area contributed by atoms with E-state index in [1.54, 1.807) is 12.1 Å². The number of aryl methyl sites for hydroxylation is 1. The largest absolute Gasteiger partial charge is 0.480 e. The molecule has 148 valence electrons. The zero-order chi connectivity index (χ0) is 20.4. The van der Waals surface area contributed by atoms with E-state index in [0.717, 1.165) is 11.1 Å². The number of halogens is 1. The fourth-order valence-electron chi connectivity index (χ4n) is 3.54. The van der Waals surface area contributed by atoms with Gasteiger partial charge in [0.05, 0.1) is 6.20 Å². The number of amides is 1. The van der Waals surface area contributed by atoms with Crippen LogP contribution < -0.4 is 0 Å². The van der Waals surface area contributed by atoms with Crippen molar-refractivity contribution in [3.8, 4) is 11.3 Å². The fraction of sp³-hybridized carbons (Fsp3) is 0.227. The lowest BCUT2D eigenvalue weighted by Crippen LogP contribution is -2.48. The van der Waals surface area contributed by atoms with Gasteiger partial charge in [0.25, 0.3) is 0 Å². The Bertz CT molecular complexity index is 1040. The van der Waals surface area contributed by atoms with Crippen molar-refractivity contribution >= 4 is 11.9 Å². The van der Waals surface area contributed by atoms with Gasteiger partial charge >= 0.3 is 5.97 Å². The second-order valence-electron chi connectivity index (χ2n) is 6.97. The molecule has 0 spiro atoms. The number of carbonyl (C=O) groups is 2. The van der Waals surface area contributed by atoms with Crippen LogP contribution >= 0.6 is 0 Å². The molecule has 0 radical (unpaired) electrons. The third-order valence-electron chi connectivity index (χ3n) is 5.09. The average molecular weight is 394 g/mol. The lowest BCUT2D eigenvalue weighted by atomic mass is 9.93. The molecule has 0 unspecified atom stereocenters. The Hall–Kier alpha value is -3.48. The van der Waals surface area contributed by atoms with Crippen molar-refractivity contribution < 1.29 is 23.5 Å². The van der Waals surface area contributed by atoms with Crippen LogP contribution in [0, 0.1) is 5.82 Å². The Morgan fingerprint density at radius 1 is 1.14 bits per heavy atom. The Balaban J connectivity index is 1.44. The SMILES string of the molecule is O=C(O)[C@@H]1Cc2ccccc2CN1C(=O)CCc1ncc(-c2ccc(F)cc2)o1. The number of hydrogen-bond donors (Lipinski definition) is 1. The highest BCUT2D eigenvalue weighted by atomic mass is 19.1. The van der Waals surface area contributed by atoms with Gasteiger partial charge in [0.15, 0.2) is 11.7 Å². The smallest absolute Gasteiger partial charge is 0.326 e. The maximum atomic E-state index is 13.0. The minimum Gasteiger partial charge on any atom is -0.480 e. The van der Waals surface area contributed by atoms with Crippen molar-refractivity contribution in [2.75, 3.05) is 0 Å². The summed E-state index contributed by atoms with van der Waals surface area (Å²) in [5.41, 5.74) is 2.61. The normalized spacial score (nSPS) is 15.8. The summed E-state index contributed by atoms with van der Waals surface area (Å²) >= 11 is 0. The molecule has 29 heavy (non-hydrogen) atoms. The number of aromatic nitrogens is 1. The van der Waals surface area contributed by atoms with Crippen molar-refractivity contribution in [3.05, 3.63) is 77.6 Å². The van der Waals surface area contributed by atoms with E-state index in [1.165, 1.54) is 23.2 Å². The van der Waals surface area contributed by atoms with E-state index in [-0.39, 0.29) is 31.1 Å². The molecule has 0 saturated carbocycles. The van der Waals surface area contributed by atoms with Gasteiger partial charge in [0.1, 0.15) is 11.9 Å². The molecule has 2 heterocycles. The number of rotatable bonds is 5. The molecule has 0 aliphatic carbocycles. The average Bonchev–Trinajstić information content (AvgIpc) is 3.20. The summed E-state index contributed by atoms with van der Waals surface area (Å²) in [5, 5.41) is 9.57. The van der Waals surface area contributed by atoms with Gasteiger partial charge in [-0.15, -0.1) is 0 Å². The molecule has 1 aliphatic rings. The first-order chi connectivity index (χ1) is 14.0. The van der Waals surface area contributed by atoms with E-state index in [0.29, 0.717) is 23.6 Å². The molecular formula is C22H19FN2O4. The van der Waals surface area contributed by atoms with E-state index >= 15 is 0 Å². The van der Waals surface area contributed by atoms with Crippen LogP contribution in [0.15, 0.2) is 59.1 Å². The third kappa shape index (κ3) is 4.03. The molecule has 1 aliphatic heterocycles. The zero-order valence-corrected chi connectivity index (χ0v) is 15.5. The number of carboxylic acid groups (broad SMARTS) is 1. The van der Waals surface area contributed by atoms with Gasteiger partial charge in [-0.2, -0.15) is 0 Å². The number of carboxylic acids is 1. The lowest BCUT2D eigenvalue weighted by Gasteiger charge is -2.34. The number of aliphatic carboxylic acids is 1. The Morgan fingerprint density at radius 2 is 1.86 bits per heavy atom. The maximum absolute atomic E-state index is 13.0. The van der Waals surface area contributed by atoms with Gasteiger partial charge in [-0.3, -0.25) is 4.79 Å². The second-order valence-corrected chi connectivity index (χ2v) is 6.97. The Labute approximate surface area is 166 Å². The summed E-state index contributed by atoms with van der Waals surface area (Å²) in [6, 6.07) is 12.5. The fourth-order valence-corrected chi connectivity index (χ4v) is 3.54. The minimum absolute atomic E-state index is 0.0926. The standard InChI is InChI=1S/C22H19FN2O4/c23-17-7-5-14(6-8-17)19-12-24-20(29-19)9-10-21(26)25-13-16-4-2-1-3-15(16)11-18(25)22(27)28/h1-8,12,18H,9-11,13H2,(H,27,28)/t18-/m0/s1. The number of hydrogen-bond acceptors (Lipinski definition) is 4. The molecule has 1 amide bonds. The van der Waals surface area contributed by atoms with Gasteiger partial charge in [-0.1, -0.05) is 24.3 Å². The van der Waals surface area contributed by atoms with E-state index in [2.05, 4.69) is 4.98 Å². The molecule has 0 saturated heterocycles. The first-order valence-corrected chi connectivity index (χ1v) is 9.31. The monoisotopic (exact) mass is 394 g/mol. The molecule has 0 bridgehead atoms. The third-order valence-corrected chi connectivity index (χ3v) is 5.09. The van der Waals surface area contributed by atoms with Gasteiger partial charge in [0.2, 0.25) is 5.91 Å². The van der Waals surface area contributed by atoms with Crippen molar-refractivity contribution in [2.45, 2.75) is 31.8 Å². The first kappa shape index (κ1) is 18.9. The molecule has 2 aromatic carbocycles. The predicted octanol–water partition coefficient (Wildman–Crippen LogP) is 3.45. The number of fused-ring (bicyclic) bond motifs is 1. The van der Waals surface area contributed by atoms with E-state index < -0.39 is 12.0 Å². The van der Waals surface area contributed by atoms with Crippen molar-refractivity contribution in [3.63, 3.8) is 0 Å². The van der Waals surface area contributed by atoms with E-state index in [4.69, 9.17) is 4.42 Å². The van der Waals surface area contributed by atoms with Crippen molar-refractivity contribution in [2.24, 2.45) is 0 Å². The molecule has 4 rings (SSSR count). The number of nitrogens with zero attached hydrogens (tertiary/aromatic N) is 2. The molecule has 1 aromatic heterocycles. The molecule has 6 nitrogen and oxygen atoms in total. The minimum atomic E-state index is -1.01. The van der Waals surface area contributed by atoms with E-state index in [9.17, 15) is 19.1 Å². The maximum Gasteiger partial charge on any atom is 0.326 e. The summed E-state index contributed by atoms with van der Waals surface area (Å²) in [6.07, 6.45) is 2.18.